The summed E-state index contributed by atoms with van der Waals surface area (Å²) in [5, 5.41) is 10.9. The maximum absolute atomic E-state index is 14.5. The Morgan fingerprint density at radius 3 is 2.45 bits per heavy atom. The summed E-state index contributed by atoms with van der Waals surface area (Å²) in [5.41, 5.74) is 1.04. The van der Waals surface area contributed by atoms with Crippen LogP contribution in [-0.4, -0.2) is 47.9 Å². The highest BCUT2D eigenvalue weighted by Gasteiger charge is 2.54. The van der Waals surface area contributed by atoms with E-state index in [1.54, 1.807) is 48.4 Å². The zero-order valence-corrected chi connectivity index (χ0v) is 25.4. The van der Waals surface area contributed by atoms with Gasteiger partial charge in [-0.1, -0.05) is 60.5 Å². The highest BCUT2D eigenvalue weighted by molar-refractivity contribution is 7.88. The molecule has 11 heteroatoms. The molecule has 0 radical (unpaired) electrons. The standard InChI is InChI=1S/C31H33Cl2N3O5S/c1-31(16-28(37)38)15-26(23-5-2-6-25(33)14-23)29(22-9-11-24(32)12-10-22)36(30(31)39)27(21-7-8-21)18-35-42(40,41)19-20-4-3-13-34-17-20/h2-6,9-14,17,21,26-27,29,35H,7-8,15-16,18-19H2,1H3,(H,37,38)/t26-,27-,29-,31-/m1/s1. The van der Waals surface area contributed by atoms with Crippen molar-refractivity contribution in [2.24, 2.45) is 11.3 Å². The Labute approximate surface area is 256 Å². The molecule has 1 aromatic heterocycles. The van der Waals surface area contributed by atoms with Gasteiger partial charge in [0.05, 0.1) is 23.6 Å². The van der Waals surface area contributed by atoms with Gasteiger partial charge in [-0.25, -0.2) is 13.1 Å². The maximum Gasteiger partial charge on any atom is 0.304 e. The summed E-state index contributed by atoms with van der Waals surface area (Å²) >= 11 is 12.7. The molecule has 1 aliphatic carbocycles. The number of carbonyl (C=O) groups is 2. The number of hydrogen-bond donors (Lipinski definition) is 2. The molecule has 222 valence electrons. The van der Waals surface area contributed by atoms with Crippen molar-refractivity contribution in [2.75, 3.05) is 6.54 Å². The molecule has 2 fully saturated rings. The molecule has 0 bridgehead atoms. The van der Waals surface area contributed by atoms with Crippen LogP contribution in [0.15, 0.2) is 73.1 Å². The Morgan fingerprint density at radius 2 is 1.83 bits per heavy atom. The predicted octanol–water partition coefficient (Wildman–Crippen LogP) is 5.82. The first kappa shape index (κ1) is 30.5. The Kier molecular flexibility index (Phi) is 8.94. The fourth-order valence-corrected chi connectivity index (χ4v) is 7.65. The van der Waals surface area contributed by atoms with E-state index in [9.17, 15) is 23.1 Å². The second-order valence-corrected chi connectivity index (χ2v) is 14.3. The fourth-order valence-electron chi connectivity index (χ4n) is 6.18. The molecule has 0 spiro atoms. The predicted molar refractivity (Wildman–Crippen MR) is 162 cm³/mol. The van der Waals surface area contributed by atoms with Gasteiger partial charge < -0.3 is 10.0 Å². The number of rotatable bonds is 11. The molecule has 0 unspecified atom stereocenters. The van der Waals surface area contributed by atoms with E-state index in [4.69, 9.17) is 23.2 Å². The Hall–Kier alpha value is -2.98. The molecule has 4 atom stereocenters. The van der Waals surface area contributed by atoms with Crippen LogP contribution in [0, 0.1) is 11.3 Å². The number of carboxylic acid groups (broad SMARTS) is 1. The van der Waals surface area contributed by atoms with Crippen molar-refractivity contribution in [1.82, 2.24) is 14.6 Å². The highest BCUT2D eigenvalue weighted by atomic mass is 35.5. The summed E-state index contributed by atoms with van der Waals surface area (Å²) in [6.45, 7) is 1.71. The van der Waals surface area contributed by atoms with Crippen molar-refractivity contribution >= 4 is 45.1 Å². The molecule has 5 rings (SSSR count). The Balaban J connectivity index is 1.58. The number of aliphatic carboxylic acids is 1. The first-order valence-corrected chi connectivity index (χ1v) is 16.3. The van der Waals surface area contributed by atoms with E-state index in [0.29, 0.717) is 15.6 Å². The van der Waals surface area contributed by atoms with Crippen molar-refractivity contribution in [3.05, 3.63) is 99.8 Å². The van der Waals surface area contributed by atoms with Crippen molar-refractivity contribution in [1.29, 1.82) is 0 Å². The third-order valence-corrected chi connectivity index (χ3v) is 10.1. The number of halogens is 2. The number of pyridine rings is 1. The van der Waals surface area contributed by atoms with Crippen LogP contribution in [0.3, 0.4) is 0 Å². The Morgan fingerprint density at radius 1 is 1.10 bits per heavy atom. The molecule has 1 aliphatic heterocycles. The topological polar surface area (TPSA) is 117 Å². The van der Waals surface area contributed by atoms with E-state index in [0.717, 1.165) is 24.0 Å². The lowest BCUT2D eigenvalue weighted by Crippen LogP contribution is -2.59. The minimum absolute atomic E-state index is 0.00844. The van der Waals surface area contributed by atoms with Crippen LogP contribution in [-0.2, 0) is 25.4 Å². The Bertz CT molecular complexity index is 1550. The second kappa shape index (κ2) is 12.3. The lowest BCUT2D eigenvalue weighted by atomic mass is 9.67. The SMILES string of the molecule is C[C@]1(CC(=O)O)C[C@H](c2cccc(Cl)c2)[C@@H](c2ccc(Cl)cc2)N([C@H](CNS(=O)(=O)Cc2cccnc2)C2CC2)C1=O. The van der Waals surface area contributed by atoms with Crippen molar-refractivity contribution < 1.29 is 23.1 Å². The average molecular weight is 631 g/mol. The maximum atomic E-state index is 14.5. The largest absolute Gasteiger partial charge is 0.481 e. The van der Waals surface area contributed by atoms with E-state index < -0.39 is 33.5 Å². The zero-order chi connectivity index (χ0) is 30.1. The van der Waals surface area contributed by atoms with Crippen molar-refractivity contribution in [3.63, 3.8) is 0 Å². The smallest absolute Gasteiger partial charge is 0.304 e. The van der Waals surface area contributed by atoms with Crippen LogP contribution in [0.25, 0.3) is 0 Å². The molecule has 8 nitrogen and oxygen atoms in total. The minimum Gasteiger partial charge on any atom is -0.481 e. The van der Waals surface area contributed by atoms with Crippen LogP contribution in [0.1, 0.15) is 61.3 Å². The number of carbonyl (C=O) groups excluding carboxylic acids is 1. The molecule has 2 heterocycles. The molecular weight excluding hydrogens is 597 g/mol. The lowest BCUT2D eigenvalue weighted by Gasteiger charge is -2.52. The first-order valence-electron chi connectivity index (χ1n) is 13.9. The molecule has 3 aromatic rings. The number of likely N-dealkylation sites (tertiary alicyclic amines) is 1. The van der Waals surface area contributed by atoms with Crippen molar-refractivity contribution in [2.45, 2.75) is 56.4 Å². The average Bonchev–Trinajstić information content (AvgIpc) is 3.77. The normalized spacial score (nSPS) is 23.5. The number of benzene rings is 2. The van der Waals surface area contributed by atoms with Crippen LogP contribution in [0.5, 0.6) is 0 Å². The van der Waals surface area contributed by atoms with Gasteiger partial charge in [-0.05, 0) is 72.2 Å². The number of aromatic nitrogens is 1. The number of hydrogen-bond acceptors (Lipinski definition) is 5. The first-order chi connectivity index (χ1) is 20.0. The van der Waals surface area contributed by atoms with E-state index in [1.807, 2.05) is 30.3 Å². The summed E-state index contributed by atoms with van der Waals surface area (Å²) in [6.07, 6.45) is 4.70. The summed E-state index contributed by atoms with van der Waals surface area (Å²) in [5.74, 6) is -1.85. The number of carboxylic acids is 1. The van der Waals surface area contributed by atoms with Crippen LogP contribution >= 0.6 is 23.2 Å². The van der Waals surface area contributed by atoms with Gasteiger partial charge in [-0.15, -0.1) is 0 Å². The van der Waals surface area contributed by atoms with Gasteiger partial charge >= 0.3 is 5.97 Å². The van der Waals surface area contributed by atoms with Gasteiger partial charge in [0.1, 0.15) is 0 Å². The summed E-state index contributed by atoms with van der Waals surface area (Å²) in [6, 6.07) is 17.1. The molecule has 2 N–H and O–H groups in total. The van der Waals surface area contributed by atoms with E-state index in [-0.39, 0.29) is 42.9 Å². The monoisotopic (exact) mass is 629 g/mol. The van der Waals surface area contributed by atoms with E-state index in [2.05, 4.69) is 9.71 Å². The number of amides is 1. The molecular formula is C31H33Cl2N3O5S. The lowest BCUT2D eigenvalue weighted by molar-refractivity contribution is -0.161. The third kappa shape index (κ3) is 6.97. The van der Waals surface area contributed by atoms with Gasteiger partial charge in [0.2, 0.25) is 15.9 Å². The molecule has 1 amide bonds. The molecule has 2 aliphatic rings. The molecule has 1 saturated carbocycles. The van der Waals surface area contributed by atoms with Crippen LogP contribution < -0.4 is 4.72 Å². The summed E-state index contributed by atoms with van der Waals surface area (Å²) in [7, 11) is -3.76. The zero-order valence-electron chi connectivity index (χ0n) is 23.1. The van der Waals surface area contributed by atoms with E-state index in [1.165, 1.54) is 6.20 Å². The van der Waals surface area contributed by atoms with Gasteiger partial charge in [-0.2, -0.15) is 0 Å². The fraction of sp³-hybridized carbons (Fsp3) is 0.387. The minimum atomic E-state index is -3.76. The van der Waals surface area contributed by atoms with Gasteiger partial charge in [-0.3, -0.25) is 14.6 Å². The number of nitrogens with zero attached hydrogens (tertiary/aromatic N) is 2. The molecule has 42 heavy (non-hydrogen) atoms. The number of nitrogens with one attached hydrogen (secondary N) is 1. The van der Waals surface area contributed by atoms with Gasteiger partial charge in [0.25, 0.3) is 0 Å². The molecule has 1 saturated heterocycles. The van der Waals surface area contributed by atoms with Crippen LogP contribution in [0.4, 0.5) is 0 Å². The van der Waals surface area contributed by atoms with Gasteiger partial charge in [0, 0.05) is 40.9 Å². The van der Waals surface area contributed by atoms with Crippen LogP contribution in [0.2, 0.25) is 10.0 Å². The molecule has 2 aromatic carbocycles. The van der Waals surface area contributed by atoms with E-state index >= 15 is 0 Å². The second-order valence-electron chi connectivity index (χ2n) is 11.6. The van der Waals surface area contributed by atoms with Gasteiger partial charge in [0.15, 0.2) is 0 Å². The quantitative estimate of drug-likeness (QED) is 0.276. The third-order valence-electron chi connectivity index (χ3n) is 8.25. The highest BCUT2D eigenvalue weighted by Crippen LogP contribution is 2.54. The number of piperidine rings is 1. The van der Waals surface area contributed by atoms with Crippen molar-refractivity contribution in [3.8, 4) is 0 Å². The number of sulfonamides is 1. The summed E-state index contributed by atoms with van der Waals surface area (Å²) in [4.78, 5) is 32.3. The summed E-state index contributed by atoms with van der Waals surface area (Å²) < 4.78 is 29.0.